The number of carboxylic acids is 1. The molecule has 90 valence electrons. The van der Waals surface area contributed by atoms with Crippen LogP contribution in [0.3, 0.4) is 0 Å². The molecule has 0 spiro atoms. The van der Waals surface area contributed by atoms with Gasteiger partial charge in [-0.3, -0.25) is 10.1 Å². The van der Waals surface area contributed by atoms with Crippen molar-refractivity contribution in [3.8, 4) is 0 Å². The first-order valence-electron chi connectivity index (χ1n) is 5.12. The van der Waals surface area contributed by atoms with Gasteiger partial charge in [-0.1, -0.05) is 0 Å². The van der Waals surface area contributed by atoms with Crippen molar-refractivity contribution in [2.75, 3.05) is 11.9 Å². The van der Waals surface area contributed by atoms with Gasteiger partial charge in [0.1, 0.15) is 0 Å². The number of nitro groups is 1. The maximum Gasteiger partial charge on any atom is 0.354 e. The second-order valence-corrected chi connectivity index (χ2v) is 3.94. The van der Waals surface area contributed by atoms with E-state index in [2.05, 4.69) is 4.98 Å². The van der Waals surface area contributed by atoms with Crippen LogP contribution in [0.15, 0.2) is 12.1 Å². The SMILES string of the molecule is CN(c1nc(C(=O)O)ccc1[N+](=O)[O-])C1CC1. The van der Waals surface area contributed by atoms with Crippen LogP contribution in [0, 0.1) is 10.1 Å². The van der Waals surface area contributed by atoms with Gasteiger partial charge >= 0.3 is 11.7 Å². The van der Waals surface area contributed by atoms with Crippen LogP contribution < -0.4 is 4.90 Å². The number of hydrogen-bond donors (Lipinski definition) is 1. The van der Waals surface area contributed by atoms with Gasteiger partial charge in [-0.25, -0.2) is 9.78 Å². The molecule has 1 fully saturated rings. The first kappa shape index (κ1) is 11.3. The lowest BCUT2D eigenvalue weighted by Crippen LogP contribution is -2.22. The van der Waals surface area contributed by atoms with Crippen molar-refractivity contribution in [1.82, 2.24) is 4.98 Å². The molecule has 0 aromatic carbocycles. The highest BCUT2D eigenvalue weighted by Gasteiger charge is 2.32. The summed E-state index contributed by atoms with van der Waals surface area (Å²) in [6.07, 6.45) is 1.90. The van der Waals surface area contributed by atoms with E-state index in [-0.39, 0.29) is 23.2 Å². The van der Waals surface area contributed by atoms with Crippen LogP contribution in [0.2, 0.25) is 0 Å². The van der Waals surface area contributed by atoms with Crippen molar-refractivity contribution in [2.24, 2.45) is 0 Å². The number of pyridine rings is 1. The highest BCUT2D eigenvalue weighted by Crippen LogP contribution is 2.34. The molecule has 1 N–H and O–H groups in total. The van der Waals surface area contributed by atoms with E-state index in [0.717, 1.165) is 18.9 Å². The van der Waals surface area contributed by atoms with Crippen LogP contribution >= 0.6 is 0 Å². The van der Waals surface area contributed by atoms with Crippen molar-refractivity contribution in [2.45, 2.75) is 18.9 Å². The third-order valence-electron chi connectivity index (χ3n) is 2.70. The molecule has 7 nitrogen and oxygen atoms in total. The standard InChI is InChI=1S/C10H11N3O4/c1-12(6-2-3-6)9-8(13(16)17)5-4-7(11-9)10(14)15/h4-6H,2-3H2,1H3,(H,14,15). The second-order valence-electron chi connectivity index (χ2n) is 3.94. The predicted octanol–water partition coefficient (Wildman–Crippen LogP) is 1.29. The van der Waals surface area contributed by atoms with E-state index in [4.69, 9.17) is 5.11 Å². The highest BCUT2D eigenvalue weighted by molar-refractivity contribution is 5.86. The maximum absolute atomic E-state index is 10.8. The molecule has 0 saturated heterocycles. The smallest absolute Gasteiger partial charge is 0.354 e. The Hall–Kier alpha value is -2.18. The molecule has 7 heteroatoms. The van der Waals surface area contributed by atoms with E-state index in [1.807, 2.05) is 0 Å². The van der Waals surface area contributed by atoms with Gasteiger partial charge in [0.25, 0.3) is 0 Å². The maximum atomic E-state index is 10.8. The molecule has 1 aromatic rings. The molecule has 0 atom stereocenters. The van der Waals surface area contributed by atoms with Crippen molar-refractivity contribution in [1.29, 1.82) is 0 Å². The fourth-order valence-corrected chi connectivity index (χ4v) is 1.60. The molecule has 1 aromatic heterocycles. The lowest BCUT2D eigenvalue weighted by atomic mass is 10.3. The molecular formula is C10H11N3O4. The van der Waals surface area contributed by atoms with Gasteiger partial charge in [-0.15, -0.1) is 0 Å². The number of nitrogens with zero attached hydrogens (tertiary/aromatic N) is 3. The van der Waals surface area contributed by atoms with Gasteiger partial charge in [0, 0.05) is 19.2 Å². The van der Waals surface area contributed by atoms with Crippen LogP contribution in [0.25, 0.3) is 0 Å². The Morgan fingerprint density at radius 2 is 2.24 bits per heavy atom. The largest absolute Gasteiger partial charge is 0.477 e. The Balaban J connectivity index is 2.46. The summed E-state index contributed by atoms with van der Waals surface area (Å²) in [5.74, 6) is -1.07. The lowest BCUT2D eigenvalue weighted by Gasteiger charge is -2.17. The molecule has 17 heavy (non-hydrogen) atoms. The highest BCUT2D eigenvalue weighted by atomic mass is 16.6. The number of aromatic nitrogens is 1. The summed E-state index contributed by atoms with van der Waals surface area (Å²) in [6.45, 7) is 0. The Morgan fingerprint density at radius 3 is 2.71 bits per heavy atom. The molecule has 1 aliphatic carbocycles. The fraction of sp³-hybridized carbons (Fsp3) is 0.400. The van der Waals surface area contributed by atoms with E-state index in [9.17, 15) is 14.9 Å². The van der Waals surface area contributed by atoms with Crippen LogP contribution in [-0.4, -0.2) is 34.1 Å². The zero-order valence-electron chi connectivity index (χ0n) is 9.16. The summed E-state index contributed by atoms with van der Waals surface area (Å²) in [7, 11) is 1.69. The van der Waals surface area contributed by atoms with Crippen molar-refractivity contribution in [3.63, 3.8) is 0 Å². The minimum absolute atomic E-state index is 0.123. The van der Waals surface area contributed by atoms with Gasteiger partial charge < -0.3 is 10.0 Å². The average Bonchev–Trinajstić information content (AvgIpc) is 3.10. The van der Waals surface area contributed by atoms with Crippen LogP contribution in [-0.2, 0) is 0 Å². The Labute approximate surface area is 96.8 Å². The molecular weight excluding hydrogens is 226 g/mol. The summed E-state index contributed by atoms with van der Waals surface area (Å²) in [5, 5.41) is 19.7. The number of anilines is 1. The molecule has 0 unspecified atom stereocenters. The Morgan fingerprint density at radius 1 is 1.59 bits per heavy atom. The van der Waals surface area contributed by atoms with E-state index in [1.165, 1.54) is 6.07 Å². The minimum atomic E-state index is -1.19. The molecule has 0 radical (unpaired) electrons. The van der Waals surface area contributed by atoms with Crippen LogP contribution in [0.1, 0.15) is 23.3 Å². The molecule has 1 heterocycles. The monoisotopic (exact) mass is 237 g/mol. The van der Waals surface area contributed by atoms with Gasteiger partial charge in [0.15, 0.2) is 5.69 Å². The first-order chi connectivity index (χ1) is 8.00. The molecule has 1 saturated carbocycles. The second kappa shape index (κ2) is 4.00. The summed E-state index contributed by atoms with van der Waals surface area (Å²) < 4.78 is 0. The number of aromatic carboxylic acids is 1. The minimum Gasteiger partial charge on any atom is -0.477 e. The van der Waals surface area contributed by atoms with Gasteiger partial charge in [0.05, 0.1) is 4.92 Å². The molecule has 0 amide bonds. The number of hydrogen-bond acceptors (Lipinski definition) is 5. The van der Waals surface area contributed by atoms with E-state index in [0.29, 0.717) is 0 Å². The van der Waals surface area contributed by atoms with E-state index in [1.54, 1.807) is 11.9 Å². The van der Waals surface area contributed by atoms with Crippen molar-refractivity contribution >= 4 is 17.5 Å². The summed E-state index contributed by atoms with van der Waals surface area (Å²) in [4.78, 5) is 26.6. The molecule has 0 bridgehead atoms. The van der Waals surface area contributed by atoms with Crippen LogP contribution in [0.5, 0.6) is 0 Å². The lowest BCUT2D eigenvalue weighted by molar-refractivity contribution is -0.384. The average molecular weight is 237 g/mol. The molecule has 0 aliphatic heterocycles. The molecule has 1 aliphatic rings. The van der Waals surface area contributed by atoms with Crippen molar-refractivity contribution in [3.05, 3.63) is 27.9 Å². The first-order valence-corrected chi connectivity index (χ1v) is 5.12. The Kier molecular flexibility index (Phi) is 2.66. The quantitative estimate of drug-likeness (QED) is 0.626. The third-order valence-corrected chi connectivity index (χ3v) is 2.70. The summed E-state index contributed by atoms with van der Waals surface area (Å²) in [5.41, 5.74) is -0.345. The summed E-state index contributed by atoms with van der Waals surface area (Å²) >= 11 is 0. The number of carboxylic acid groups (broad SMARTS) is 1. The van der Waals surface area contributed by atoms with Gasteiger partial charge in [0.2, 0.25) is 5.82 Å². The zero-order chi connectivity index (χ0) is 12.6. The fourth-order valence-electron chi connectivity index (χ4n) is 1.60. The number of rotatable bonds is 4. The summed E-state index contributed by atoms with van der Waals surface area (Å²) in [6, 6.07) is 2.56. The van der Waals surface area contributed by atoms with Crippen LogP contribution in [0.4, 0.5) is 11.5 Å². The Bertz CT molecular complexity index is 484. The topological polar surface area (TPSA) is 96.6 Å². The zero-order valence-corrected chi connectivity index (χ0v) is 9.16. The van der Waals surface area contributed by atoms with Crippen molar-refractivity contribution < 1.29 is 14.8 Å². The normalized spacial score (nSPS) is 14.4. The van der Waals surface area contributed by atoms with Gasteiger partial charge in [-0.05, 0) is 18.9 Å². The number of carbonyl (C=O) groups is 1. The predicted molar refractivity (Wildman–Crippen MR) is 59.3 cm³/mol. The third kappa shape index (κ3) is 2.17. The van der Waals surface area contributed by atoms with E-state index < -0.39 is 10.9 Å². The van der Waals surface area contributed by atoms with Gasteiger partial charge in [-0.2, -0.15) is 0 Å². The molecule has 2 rings (SSSR count). The van der Waals surface area contributed by atoms with E-state index >= 15 is 0 Å².